The highest BCUT2D eigenvalue weighted by Gasteiger charge is 2.19. The third kappa shape index (κ3) is 3.26. The number of benzene rings is 1. The molecule has 1 heterocycles. The van der Waals surface area contributed by atoms with Crippen LogP contribution >= 0.6 is 0 Å². The van der Waals surface area contributed by atoms with Gasteiger partial charge in [0.15, 0.2) is 11.6 Å². The summed E-state index contributed by atoms with van der Waals surface area (Å²) >= 11 is 0. The highest BCUT2D eigenvalue weighted by molar-refractivity contribution is 5.49. The van der Waals surface area contributed by atoms with E-state index in [1.54, 1.807) is 6.07 Å². The maximum atomic E-state index is 13.7. The van der Waals surface area contributed by atoms with Crippen LogP contribution in [-0.2, 0) is 0 Å². The minimum Gasteiger partial charge on any atom is -0.382 e. The van der Waals surface area contributed by atoms with Crippen molar-refractivity contribution in [1.29, 1.82) is 5.26 Å². The van der Waals surface area contributed by atoms with Crippen molar-refractivity contribution in [2.45, 2.75) is 19.8 Å². The largest absolute Gasteiger partial charge is 0.382 e. The predicted octanol–water partition coefficient (Wildman–Crippen LogP) is 2.98. The SMILES string of the molecule is CCN1CCC(CNc2ccc(C#N)c(F)c2F)CC1. The molecule has 1 saturated heterocycles. The van der Waals surface area contributed by atoms with Gasteiger partial charge in [-0.3, -0.25) is 0 Å². The summed E-state index contributed by atoms with van der Waals surface area (Å²) in [5.74, 6) is -1.55. The summed E-state index contributed by atoms with van der Waals surface area (Å²) in [7, 11) is 0. The summed E-state index contributed by atoms with van der Waals surface area (Å²) in [5, 5.41) is 11.6. The molecular weight excluding hydrogens is 260 g/mol. The predicted molar refractivity (Wildman–Crippen MR) is 74.4 cm³/mol. The van der Waals surface area contributed by atoms with Crippen molar-refractivity contribution in [3.05, 3.63) is 29.3 Å². The van der Waals surface area contributed by atoms with Crippen molar-refractivity contribution in [3.63, 3.8) is 0 Å². The van der Waals surface area contributed by atoms with Gasteiger partial charge in [-0.25, -0.2) is 8.78 Å². The second-order valence-corrected chi connectivity index (χ2v) is 5.16. The molecule has 0 spiro atoms. The maximum absolute atomic E-state index is 13.7. The molecule has 0 unspecified atom stereocenters. The van der Waals surface area contributed by atoms with Crippen molar-refractivity contribution < 1.29 is 8.78 Å². The zero-order valence-corrected chi connectivity index (χ0v) is 11.6. The lowest BCUT2D eigenvalue weighted by Crippen LogP contribution is -2.35. The van der Waals surface area contributed by atoms with Gasteiger partial charge in [0.2, 0.25) is 0 Å². The zero-order valence-electron chi connectivity index (χ0n) is 11.6. The first-order chi connectivity index (χ1) is 9.65. The molecule has 0 radical (unpaired) electrons. The van der Waals surface area contributed by atoms with Gasteiger partial charge in [0.25, 0.3) is 0 Å². The summed E-state index contributed by atoms with van der Waals surface area (Å²) in [4.78, 5) is 2.39. The van der Waals surface area contributed by atoms with Crippen molar-refractivity contribution in [1.82, 2.24) is 4.90 Å². The van der Waals surface area contributed by atoms with Crippen LogP contribution in [-0.4, -0.2) is 31.1 Å². The van der Waals surface area contributed by atoms with E-state index in [0.717, 1.165) is 32.5 Å². The highest BCUT2D eigenvalue weighted by Crippen LogP contribution is 2.22. The Morgan fingerprint density at radius 1 is 1.30 bits per heavy atom. The van der Waals surface area contributed by atoms with E-state index in [2.05, 4.69) is 17.1 Å². The molecule has 1 aromatic carbocycles. The number of nitrogens with zero attached hydrogens (tertiary/aromatic N) is 2. The minimum atomic E-state index is -1.07. The van der Waals surface area contributed by atoms with Crippen LogP contribution in [0.3, 0.4) is 0 Å². The standard InChI is InChI=1S/C15H19F2N3/c1-2-20-7-5-11(6-8-20)10-19-13-4-3-12(9-18)14(16)15(13)17/h3-4,11,19H,2,5-8,10H2,1H3. The Hall–Kier alpha value is -1.67. The monoisotopic (exact) mass is 279 g/mol. The molecule has 0 bridgehead atoms. The number of hydrogen-bond donors (Lipinski definition) is 1. The van der Waals surface area contributed by atoms with Crippen LogP contribution in [0.2, 0.25) is 0 Å². The Morgan fingerprint density at radius 3 is 2.60 bits per heavy atom. The summed E-state index contributed by atoms with van der Waals surface area (Å²) in [5.41, 5.74) is -0.122. The van der Waals surface area contributed by atoms with E-state index in [0.29, 0.717) is 12.5 Å². The van der Waals surface area contributed by atoms with Crippen molar-refractivity contribution in [2.24, 2.45) is 5.92 Å². The van der Waals surface area contributed by atoms with Gasteiger partial charge >= 0.3 is 0 Å². The van der Waals surface area contributed by atoms with Crippen molar-refractivity contribution in [2.75, 3.05) is 31.5 Å². The first-order valence-electron chi connectivity index (χ1n) is 7.00. The number of likely N-dealkylation sites (tertiary alicyclic amines) is 1. The molecule has 0 aliphatic carbocycles. The van der Waals surface area contributed by atoms with Gasteiger partial charge in [0.05, 0.1) is 11.3 Å². The molecule has 20 heavy (non-hydrogen) atoms. The van der Waals surface area contributed by atoms with E-state index in [9.17, 15) is 8.78 Å². The van der Waals surface area contributed by atoms with Crippen LogP contribution in [0.15, 0.2) is 12.1 Å². The molecule has 0 saturated carbocycles. The van der Waals surface area contributed by atoms with Gasteiger partial charge in [-0.05, 0) is 50.5 Å². The van der Waals surface area contributed by atoms with E-state index < -0.39 is 11.6 Å². The van der Waals surface area contributed by atoms with Gasteiger partial charge < -0.3 is 10.2 Å². The average molecular weight is 279 g/mol. The zero-order chi connectivity index (χ0) is 14.5. The molecule has 5 heteroatoms. The molecule has 1 N–H and O–H groups in total. The van der Waals surface area contributed by atoms with Gasteiger partial charge in [0.1, 0.15) is 6.07 Å². The normalized spacial score (nSPS) is 16.9. The van der Waals surface area contributed by atoms with Gasteiger partial charge in [0, 0.05) is 6.54 Å². The number of hydrogen-bond acceptors (Lipinski definition) is 3. The number of nitriles is 1. The Morgan fingerprint density at radius 2 is 2.00 bits per heavy atom. The molecule has 1 aliphatic rings. The van der Waals surface area contributed by atoms with E-state index in [1.165, 1.54) is 12.1 Å². The maximum Gasteiger partial charge on any atom is 0.183 e. The molecule has 0 aromatic heterocycles. The quantitative estimate of drug-likeness (QED) is 0.921. The van der Waals surface area contributed by atoms with Crippen LogP contribution in [0.5, 0.6) is 0 Å². The van der Waals surface area contributed by atoms with E-state index in [1.807, 2.05) is 0 Å². The Labute approximate surface area is 118 Å². The number of nitrogens with one attached hydrogen (secondary N) is 1. The van der Waals surface area contributed by atoms with Gasteiger partial charge in [-0.15, -0.1) is 0 Å². The first-order valence-corrected chi connectivity index (χ1v) is 7.00. The van der Waals surface area contributed by atoms with Crippen LogP contribution in [0.25, 0.3) is 0 Å². The van der Waals surface area contributed by atoms with Crippen LogP contribution in [0, 0.1) is 28.9 Å². The van der Waals surface area contributed by atoms with Crippen LogP contribution in [0.1, 0.15) is 25.3 Å². The van der Waals surface area contributed by atoms with Crippen molar-refractivity contribution >= 4 is 5.69 Å². The molecule has 0 atom stereocenters. The van der Waals surface area contributed by atoms with Gasteiger partial charge in [-0.1, -0.05) is 6.92 Å². The van der Waals surface area contributed by atoms with E-state index >= 15 is 0 Å². The highest BCUT2D eigenvalue weighted by atomic mass is 19.2. The number of piperidine rings is 1. The second kappa shape index (κ2) is 6.67. The van der Waals surface area contributed by atoms with E-state index in [4.69, 9.17) is 5.26 Å². The van der Waals surface area contributed by atoms with Crippen LogP contribution < -0.4 is 5.32 Å². The fraction of sp³-hybridized carbons (Fsp3) is 0.533. The summed E-state index contributed by atoms with van der Waals surface area (Å²) in [6, 6.07) is 4.37. The summed E-state index contributed by atoms with van der Waals surface area (Å²) in [6.45, 7) is 5.98. The molecule has 3 nitrogen and oxygen atoms in total. The smallest absolute Gasteiger partial charge is 0.183 e. The van der Waals surface area contributed by atoms with Crippen LogP contribution in [0.4, 0.5) is 14.5 Å². The molecular formula is C15H19F2N3. The molecule has 2 rings (SSSR count). The lowest BCUT2D eigenvalue weighted by molar-refractivity contribution is 0.198. The third-order valence-electron chi connectivity index (χ3n) is 3.94. The summed E-state index contributed by atoms with van der Waals surface area (Å²) in [6.07, 6.45) is 2.14. The average Bonchev–Trinajstić information content (AvgIpc) is 2.49. The molecule has 1 aromatic rings. The minimum absolute atomic E-state index is 0.138. The fourth-order valence-corrected chi connectivity index (χ4v) is 2.53. The van der Waals surface area contributed by atoms with Gasteiger partial charge in [-0.2, -0.15) is 5.26 Å². The molecule has 0 amide bonds. The summed E-state index contributed by atoms with van der Waals surface area (Å²) < 4.78 is 27.2. The topological polar surface area (TPSA) is 39.1 Å². The van der Waals surface area contributed by atoms with Crippen molar-refractivity contribution in [3.8, 4) is 6.07 Å². The number of halogens is 2. The van der Waals surface area contributed by atoms with E-state index in [-0.39, 0.29) is 11.3 Å². The number of anilines is 1. The fourth-order valence-electron chi connectivity index (χ4n) is 2.53. The number of rotatable bonds is 4. The Balaban J connectivity index is 1.92. The molecule has 1 fully saturated rings. The second-order valence-electron chi connectivity index (χ2n) is 5.16. The Kier molecular flexibility index (Phi) is 4.91. The molecule has 1 aliphatic heterocycles. The molecule has 108 valence electrons. The lowest BCUT2D eigenvalue weighted by Gasteiger charge is -2.31. The first kappa shape index (κ1) is 14.7. The third-order valence-corrected chi connectivity index (χ3v) is 3.94. The lowest BCUT2D eigenvalue weighted by atomic mass is 9.96. The Bertz CT molecular complexity index is 503.